The summed E-state index contributed by atoms with van der Waals surface area (Å²) >= 11 is 0. The minimum absolute atomic E-state index is 0.00145. The Kier molecular flexibility index (Phi) is 10.6. The lowest BCUT2D eigenvalue weighted by molar-refractivity contribution is -0.192. The average molecular weight is 544 g/mol. The highest BCUT2D eigenvalue weighted by Crippen LogP contribution is 2.23. The Morgan fingerprint density at radius 1 is 1.03 bits per heavy atom. The van der Waals surface area contributed by atoms with Crippen LogP contribution in [-0.4, -0.2) is 73.5 Å². The lowest BCUT2D eigenvalue weighted by Gasteiger charge is -2.29. The molecular weight excluding hydrogens is 511 g/mol. The number of piperazine rings is 1. The second-order valence-electron chi connectivity index (χ2n) is 8.78. The number of nitrogens with one attached hydrogen (secondary N) is 1. The van der Waals surface area contributed by atoms with Gasteiger partial charge in [-0.3, -0.25) is 4.79 Å². The Balaban J connectivity index is 0.000000604. The molecule has 1 amide bonds. The van der Waals surface area contributed by atoms with E-state index >= 15 is 0 Å². The summed E-state index contributed by atoms with van der Waals surface area (Å²) in [5, 5.41) is 10.4. The molecule has 0 unspecified atom stereocenters. The van der Waals surface area contributed by atoms with Gasteiger partial charge in [0.15, 0.2) is 0 Å². The molecule has 2 aromatic carbocycles. The average Bonchev–Trinajstić information content (AvgIpc) is 2.81. The number of nitrogens with zero attached hydrogens (tertiary/aromatic N) is 2. The number of benzene rings is 2. The van der Waals surface area contributed by atoms with Crippen molar-refractivity contribution < 1.29 is 36.3 Å². The molecule has 0 aromatic heterocycles. The van der Waals surface area contributed by atoms with E-state index in [1.54, 1.807) is 6.07 Å². The van der Waals surface area contributed by atoms with E-state index in [1.165, 1.54) is 4.31 Å². The van der Waals surface area contributed by atoms with Crippen LogP contribution in [-0.2, 0) is 26.2 Å². The summed E-state index contributed by atoms with van der Waals surface area (Å²) in [6.45, 7) is 9.04. The molecule has 1 saturated heterocycles. The molecule has 0 aliphatic carbocycles. The van der Waals surface area contributed by atoms with Crippen molar-refractivity contribution in [2.45, 2.75) is 44.8 Å². The first-order valence-electron chi connectivity index (χ1n) is 11.6. The van der Waals surface area contributed by atoms with Gasteiger partial charge in [-0.2, -0.15) is 17.5 Å². The van der Waals surface area contributed by atoms with E-state index in [0.717, 1.165) is 35.3 Å². The van der Waals surface area contributed by atoms with Crippen molar-refractivity contribution in [3.05, 3.63) is 64.7 Å². The number of hydrogen-bond donors (Lipinski definition) is 2. The molecular formula is C25H32F3N3O5S. The maximum atomic E-state index is 13.5. The van der Waals surface area contributed by atoms with Crippen LogP contribution in [0, 0.1) is 20.8 Å². The van der Waals surface area contributed by atoms with Crippen LogP contribution in [0.25, 0.3) is 0 Å². The summed E-state index contributed by atoms with van der Waals surface area (Å²) in [6, 6.07) is 13.2. The standard InChI is InChI=1S/C23H31N3O3S.C2HF3O2/c1-18-5-4-6-21(16-18)17-26(12-9-23(27)25-13-10-24-11-14-25)30(28,29)22-8-7-19(2)15-20(22)3;3-2(4,5)1(6)7/h4-8,15-16,24H,9-14,17H2,1-3H3;(H,6,7). The molecule has 1 aliphatic heterocycles. The first-order valence-corrected chi connectivity index (χ1v) is 13.1. The second kappa shape index (κ2) is 13.0. The van der Waals surface area contributed by atoms with Gasteiger partial charge in [0.05, 0.1) is 4.90 Å². The first-order chi connectivity index (χ1) is 17.2. The monoisotopic (exact) mass is 543 g/mol. The summed E-state index contributed by atoms with van der Waals surface area (Å²) in [5.41, 5.74) is 3.73. The summed E-state index contributed by atoms with van der Waals surface area (Å²) < 4.78 is 60.2. The largest absolute Gasteiger partial charge is 0.490 e. The van der Waals surface area contributed by atoms with E-state index in [4.69, 9.17) is 9.90 Å². The zero-order valence-electron chi connectivity index (χ0n) is 21.0. The molecule has 0 atom stereocenters. The normalized spacial score (nSPS) is 14.2. The molecule has 12 heteroatoms. The Bertz CT molecular complexity index is 1200. The third kappa shape index (κ3) is 9.13. The van der Waals surface area contributed by atoms with Crippen LogP contribution in [0.1, 0.15) is 28.7 Å². The van der Waals surface area contributed by atoms with Gasteiger partial charge in [-0.15, -0.1) is 0 Å². The number of aryl methyl sites for hydroxylation is 3. The van der Waals surface area contributed by atoms with Crippen LogP contribution >= 0.6 is 0 Å². The number of amides is 1. The lowest BCUT2D eigenvalue weighted by Crippen LogP contribution is -2.47. The number of aliphatic carboxylic acids is 1. The fourth-order valence-electron chi connectivity index (χ4n) is 3.82. The van der Waals surface area contributed by atoms with Crippen molar-refractivity contribution in [3.8, 4) is 0 Å². The summed E-state index contributed by atoms with van der Waals surface area (Å²) in [6.07, 6.45) is -4.91. The molecule has 0 radical (unpaired) electrons. The third-order valence-electron chi connectivity index (χ3n) is 5.68. The number of halogens is 3. The quantitative estimate of drug-likeness (QED) is 0.555. The Labute approximate surface area is 215 Å². The Hall–Kier alpha value is -2.96. The van der Waals surface area contributed by atoms with Crippen LogP contribution in [0.4, 0.5) is 13.2 Å². The molecule has 2 N–H and O–H groups in total. The zero-order chi connectivity index (χ0) is 27.8. The maximum absolute atomic E-state index is 13.5. The fourth-order valence-corrected chi connectivity index (χ4v) is 5.45. The molecule has 3 rings (SSSR count). The van der Waals surface area contributed by atoms with Gasteiger partial charge in [0, 0.05) is 45.7 Å². The number of carbonyl (C=O) groups excluding carboxylic acids is 1. The molecule has 2 aromatic rings. The second-order valence-corrected chi connectivity index (χ2v) is 10.7. The molecule has 1 aliphatic rings. The van der Waals surface area contributed by atoms with E-state index in [-0.39, 0.29) is 25.4 Å². The van der Waals surface area contributed by atoms with E-state index in [1.807, 2.05) is 62.1 Å². The van der Waals surface area contributed by atoms with Crippen LogP contribution in [0.5, 0.6) is 0 Å². The van der Waals surface area contributed by atoms with Gasteiger partial charge in [-0.1, -0.05) is 47.5 Å². The van der Waals surface area contributed by atoms with Gasteiger partial charge in [-0.05, 0) is 38.0 Å². The van der Waals surface area contributed by atoms with Gasteiger partial charge in [0.25, 0.3) is 0 Å². The predicted octanol–water partition coefficient (Wildman–Crippen LogP) is 3.26. The summed E-state index contributed by atoms with van der Waals surface area (Å²) in [4.78, 5) is 23.7. The van der Waals surface area contributed by atoms with Gasteiger partial charge in [-0.25, -0.2) is 13.2 Å². The number of carbonyl (C=O) groups is 2. The number of alkyl halides is 3. The molecule has 0 bridgehead atoms. The fraction of sp³-hybridized carbons (Fsp3) is 0.440. The van der Waals surface area contributed by atoms with E-state index < -0.39 is 22.2 Å². The minimum atomic E-state index is -5.08. The van der Waals surface area contributed by atoms with Crippen molar-refractivity contribution in [1.29, 1.82) is 0 Å². The SMILES string of the molecule is Cc1cccc(CN(CCC(=O)N2CCNCC2)S(=O)(=O)c2ccc(C)cc2C)c1.O=C(O)C(F)(F)F. The van der Waals surface area contributed by atoms with E-state index in [2.05, 4.69) is 5.32 Å². The van der Waals surface area contributed by atoms with Crippen molar-refractivity contribution in [3.63, 3.8) is 0 Å². The Morgan fingerprint density at radius 3 is 2.16 bits per heavy atom. The zero-order valence-corrected chi connectivity index (χ0v) is 21.8. The molecule has 1 heterocycles. The minimum Gasteiger partial charge on any atom is -0.475 e. The van der Waals surface area contributed by atoms with Gasteiger partial charge < -0.3 is 15.3 Å². The van der Waals surface area contributed by atoms with Crippen molar-refractivity contribution >= 4 is 21.9 Å². The molecule has 0 saturated carbocycles. The molecule has 8 nitrogen and oxygen atoms in total. The van der Waals surface area contributed by atoms with Gasteiger partial charge >= 0.3 is 12.1 Å². The molecule has 1 fully saturated rings. The number of rotatable bonds is 7. The molecule has 37 heavy (non-hydrogen) atoms. The van der Waals surface area contributed by atoms with Crippen molar-refractivity contribution in [2.75, 3.05) is 32.7 Å². The number of carboxylic acid groups (broad SMARTS) is 1. The highest BCUT2D eigenvalue weighted by atomic mass is 32.2. The number of carboxylic acids is 1. The maximum Gasteiger partial charge on any atom is 0.490 e. The van der Waals surface area contributed by atoms with E-state index in [9.17, 15) is 26.4 Å². The van der Waals surface area contributed by atoms with Crippen molar-refractivity contribution in [2.24, 2.45) is 0 Å². The predicted molar refractivity (Wildman–Crippen MR) is 132 cm³/mol. The Morgan fingerprint density at radius 2 is 1.62 bits per heavy atom. The van der Waals surface area contributed by atoms with Crippen LogP contribution in [0.2, 0.25) is 0 Å². The molecule has 0 spiro atoms. The van der Waals surface area contributed by atoms with Gasteiger partial charge in [0.1, 0.15) is 0 Å². The van der Waals surface area contributed by atoms with Crippen LogP contribution in [0.3, 0.4) is 0 Å². The lowest BCUT2D eigenvalue weighted by atomic mass is 10.1. The van der Waals surface area contributed by atoms with E-state index in [0.29, 0.717) is 18.0 Å². The van der Waals surface area contributed by atoms with Gasteiger partial charge in [0.2, 0.25) is 15.9 Å². The number of sulfonamides is 1. The summed E-state index contributed by atoms with van der Waals surface area (Å²) in [7, 11) is -3.74. The molecule has 204 valence electrons. The highest BCUT2D eigenvalue weighted by Gasteiger charge is 2.38. The highest BCUT2D eigenvalue weighted by molar-refractivity contribution is 7.89. The summed E-state index contributed by atoms with van der Waals surface area (Å²) in [5.74, 6) is -2.76. The topological polar surface area (TPSA) is 107 Å². The number of hydrogen-bond acceptors (Lipinski definition) is 5. The van der Waals surface area contributed by atoms with Crippen LogP contribution in [0.15, 0.2) is 47.4 Å². The smallest absolute Gasteiger partial charge is 0.475 e. The van der Waals surface area contributed by atoms with Crippen molar-refractivity contribution in [1.82, 2.24) is 14.5 Å². The third-order valence-corrected chi connectivity index (χ3v) is 7.68. The first kappa shape index (κ1) is 30.3. The van der Waals surface area contributed by atoms with Crippen LogP contribution < -0.4 is 5.32 Å².